The highest BCUT2D eigenvalue weighted by Crippen LogP contribution is 2.25. The molecule has 0 aromatic heterocycles. The minimum Gasteiger partial charge on any atom is -0.481 e. The summed E-state index contributed by atoms with van der Waals surface area (Å²) in [6, 6.07) is 7.10. The van der Waals surface area contributed by atoms with E-state index in [9.17, 15) is 9.90 Å². The second-order valence-corrected chi connectivity index (χ2v) is 6.37. The van der Waals surface area contributed by atoms with Crippen LogP contribution < -0.4 is 5.32 Å². The van der Waals surface area contributed by atoms with Gasteiger partial charge in [-0.25, -0.2) is 0 Å². The SMILES string of the molecule is CCC(C(=O)O)c1ccc(C(C)(O)NC(C)(C)C)cc1. The van der Waals surface area contributed by atoms with Crippen LogP contribution in [-0.2, 0) is 10.5 Å². The molecule has 1 aromatic rings. The van der Waals surface area contributed by atoms with E-state index in [4.69, 9.17) is 5.11 Å². The van der Waals surface area contributed by atoms with Crippen molar-refractivity contribution in [1.82, 2.24) is 5.32 Å². The van der Waals surface area contributed by atoms with E-state index >= 15 is 0 Å². The smallest absolute Gasteiger partial charge is 0.310 e. The summed E-state index contributed by atoms with van der Waals surface area (Å²) in [5.41, 5.74) is 0.100. The Hall–Kier alpha value is -1.39. The van der Waals surface area contributed by atoms with Gasteiger partial charge in [-0.2, -0.15) is 0 Å². The van der Waals surface area contributed by atoms with E-state index in [0.29, 0.717) is 6.42 Å². The number of carboxylic acids is 1. The van der Waals surface area contributed by atoms with E-state index in [1.165, 1.54) is 0 Å². The van der Waals surface area contributed by atoms with Gasteiger partial charge in [0.2, 0.25) is 0 Å². The standard InChI is InChI=1S/C16H25NO3/c1-6-13(14(18)19)11-7-9-12(10-8-11)16(5,20)17-15(2,3)4/h7-10,13,17,20H,6H2,1-5H3,(H,18,19). The van der Waals surface area contributed by atoms with Crippen molar-refractivity contribution < 1.29 is 15.0 Å². The highest BCUT2D eigenvalue weighted by atomic mass is 16.4. The maximum absolute atomic E-state index is 11.1. The molecule has 2 atom stereocenters. The monoisotopic (exact) mass is 279 g/mol. The molecular weight excluding hydrogens is 254 g/mol. The maximum Gasteiger partial charge on any atom is 0.310 e. The van der Waals surface area contributed by atoms with Gasteiger partial charge < -0.3 is 10.2 Å². The molecule has 0 aliphatic heterocycles. The van der Waals surface area contributed by atoms with Gasteiger partial charge in [-0.15, -0.1) is 0 Å². The Morgan fingerprint density at radius 2 is 1.70 bits per heavy atom. The van der Waals surface area contributed by atoms with Crippen LogP contribution >= 0.6 is 0 Å². The number of nitrogens with one attached hydrogen (secondary N) is 1. The van der Waals surface area contributed by atoms with Gasteiger partial charge in [0.1, 0.15) is 5.72 Å². The molecule has 0 aliphatic rings. The fourth-order valence-electron chi connectivity index (χ4n) is 2.40. The topological polar surface area (TPSA) is 69.6 Å². The van der Waals surface area contributed by atoms with Crippen LogP contribution in [0.1, 0.15) is 58.1 Å². The molecule has 20 heavy (non-hydrogen) atoms. The van der Waals surface area contributed by atoms with Crippen LogP contribution in [0.2, 0.25) is 0 Å². The number of carboxylic acid groups (broad SMARTS) is 1. The zero-order chi connectivity index (χ0) is 15.6. The van der Waals surface area contributed by atoms with Crippen molar-refractivity contribution in [2.45, 2.75) is 58.2 Å². The van der Waals surface area contributed by atoms with Crippen molar-refractivity contribution in [3.8, 4) is 0 Å². The molecule has 2 unspecified atom stereocenters. The number of aliphatic hydroxyl groups is 1. The lowest BCUT2D eigenvalue weighted by Gasteiger charge is -2.34. The molecule has 1 rings (SSSR count). The fraction of sp³-hybridized carbons (Fsp3) is 0.562. The molecular formula is C16H25NO3. The first kappa shape index (κ1) is 16.7. The van der Waals surface area contributed by atoms with Crippen molar-refractivity contribution in [2.24, 2.45) is 0 Å². The van der Waals surface area contributed by atoms with Crippen LogP contribution in [0, 0.1) is 0 Å². The molecule has 0 fully saturated rings. The Balaban J connectivity index is 2.99. The van der Waals surface area contributed by atoms with Crippen LogP contribution in [0.25, 0.3) is 0 Å². The minimum atomic E-state index is -1.15. The zero-order valence-corrected chi connectivity index (χ0v) is 12.9. The van der Waals surface area contributed by atoms with Crippen LogP contribution in [0.15, 0.2) is 24.3 Å². The summed E-state index contributed by atoms with van der Waals surface area (Å²) >= 11 is 0. The lowest BCUT2D eigenvalue weighted by atomic mass is 9.93. The third-order valence-corrected chi connectivity index (χ3v) is 3.20. The lowest BCUT2D eigenvalue weighted by Crippen LogP contribution is -2.50. The molecule has 0 aliphatic carbocycles. The van der Waals surface area contributed by atoms with E-state index in [1.54, 1.807) is 31.2 Å². The Morgan fingerprint density at radius 3 is 2.05 bits per heavy atom. The number of carbonyl (C=O) groups is 1. The van der Waals surface area contributed by atoms with E-state index in [2.05, 4.69) is 5.32 Å². The zero-order valence-electron chi connectivity index (χ0n) is 12.9. The first-order valence-electron chi connectivity index (χ1n) is 6.92. The molecule has 0 saturated heterocycles. The van der Waals surface area contributed by atoms with Crippen LogP contribution in [-0.4, -0.2) is 21.7 Å². The Morgan fingerprint density at radius 1 is 1.20 bits per heavy atom. The van der Waals surface area contributed by atoms with Gasteiger partial charge in [-0.1, -0.05) is 31.2 Å². The predicted octanol–water partition coefficient (Wildman–Crippen LogP) is 2.82. The summed E-state index contributed by atoms with van der Waals surface area (Å²) in [6.07, 6.45) is 0.547. The van der Waals surface area contributed by atoms with Gasteiger partial charge in [-0.3, -0.25) is 10.1 Å². The third-order valence-electron chi connectivity index (χ3n) is 3.20. The van der Waals surface area contributed by atoms with E-state index < -0.39 is 17.6 Å². The first-order valence-corrected chi connectivity index (χ1v) is 6.92. The van der Waals surface area contributed by atoms with E-state index in [1.807, 2.05) is 27.7 Å². The number of rotatable bonds is 5. The summed E-state index contributed by atoms with van der Waals surface area (Å²) in [5, 5.41) is 22.8. The van der Waals surface area contributed by atoms with Crippen molar-refractivity contribution in [2.75, 3.05) is 0 Å². The molecule has 0 amide bonds. The summed E-state index contributed by atoms with van der Waals surface area (Å²) in [4.78, 5) is 11.1. The first-order chi connectivity index (χ1) is 9.07. The number of benzene rings is 1. The molecule has 4 nitrogen and oxygen atoms in total. The highest BCUT2D eigenvalue weighted by molar-refractivity contribution is 5.75. The molecule has 3 N–H and O–H groups in total. The largest absolute Gasteiger partial charge is 0.481 e. The quantitative estimate of drug-likeness (QED) is 0.725. The van der Waals surface area contributed by atoms with Gasteiger partial charge >= 0.3 is 5.97 Å². The molecule has 0 saturated carbocycles. The van der Waals surface area contributed by atoms with Crippen molar-refractivity contribution in [3.63, 3.8) is 0 Å². The summed E-state index contributed by atoms with van der Waals surface area (Å²) in [6.45, 7) is 9.49. The second kappa shape index (κ2) is 5.94. The molecule has 0 heterocycles. The summed E-state index contributed by atoms with van der Waals surface area (Å²) in [7, 11) is 0. The lowest BCUT2D eigenvalue weighted by molar-refractivity contribution is -0.138. The van der Waals surface area contributed by atoms with Crippen molar-refractivity contribution in [3.05, 3.63) is 35.4 Å². The maximum atomic E-state index is 11.1. The van der Waals surface area contributed by atoms with Gasteiger partial charge in [0.05, 0.1) is 5.92 Å². The van der Waals surface area contributed by atoms with Crippen LogP contribution in [0.4, 0.5) is 0 Å². The molecule has 1 aromatic carbocycles. The van der Waals surface area contributed by atoms with Gasteiger partial charge in [0.15, 0.2) is 0 Å². The molecule has 4 heteroatoms. The van der Waals surface area contributed by atoms with Crippen LogP contribution in [0.5, 0.6) is 0 Å². The Kier molecular flexibility index (Phi) is 4.95. The molecule has 0 spiro atoms. The Bertz CT molecular complexity index is 458. The highest BCUT2D eigenvalue weighted by Gasteiger charge is 2.28. The van der Waals surface area contributed by atoms with E-state index in [0.717, 1.165) is 11.1 Å². The van der Waals surface area contributed by atoms with Gasteiger partial charge in [0, 0.05) is 5.54 Å². The minimum absolute atomic E-state index is 0.227. The fourth-order valence-corrected chi connectivity index (χ4v) is 2.40. The summed E-state index contributed by atoms with van der Waals surface area (Å²) < 4.78 is 0. The Labute approximate surface area is 120 Å². The molecule has 0 radical (unpaired) electrons. The predicted molar refractivity (Wildman–Crippen MR) is 79.6 cm³/mol. The molecule has 0 bridgehead atoms. The number of hydrogen-bond acceptors (Lipinski definition) is 3. The molecule has 112 valence electrons. The van der Waals surface area contributed by atoms with Crippen LogP contribution in [0.3, 0.4) is 0 Å². The van der Waals surface area contributed by atoms with Gasteiger partial charge in [0.25, 0.3) is 0 Å². The number of aliphatic carboxylic acids is 1. The van der Waals surface area contributed by atoms with Crippen molar-refractivity contribution in [1.29, 1.82) is 0 Å². The average Bonchev–Trinajstić information content (AvgIpc) is 2.27. The van der Waals surface area contributed by atoms with Gasteiger partial charge in [-0.05, 0) is 45.2 Å². The third kappa shape index (κ3) is 4.32. The number of hydrogen-bond donors (Lipinski definition) is 3. The second-order valence-electron chi connectivity index (χ2n) is 6.37. The van der Waals surface area contributed by atoms with Crippen molar-refractivity contribution >= 4 is 5.97 Å². The van der Waals surface area contributed by atoms with E-state index in [-0.39, 0.29) is 5.54 Å². The average molecular weight is 279 g/mol. The summed E-state index contributed by atoms with van der Waals surface area (Å²) in [5.74, 6) is -1.32. The normalized spacial score (nSPS) is 16.5.